The Morgan fingerprint density at radius 3 is 2.55 bits per heavy atom. The average Bonchev–Trinajstić information content (AvgIpc) is 2.37. The van der Waals surface area contributed by atoms with Gasteiger partial charge in [0.1, 0.15) is 4.90 Å². The van der Waals surface area contributed by atoms with Gasteiger partial charge in [-0.25, -0.2) is 8.42 Å². The maximum absolute atomic E-state index is 12.3. The first-order valence-corrected chi connectivity index (χ1v) is 9.33. The van der Waals surface area contributed by atoms with Crippen molar-refractivity contribution in [3.8, 4) is 0 Å². The third-order valence-corrected chi connectivity index (χ3v) is 5.52. The van der Waals surface area contributed by atoms with Gasteiger partial charge in [-0.05, 0) is 35.9 Å². The van der Waals surface area contributed by atoms with Gasteiger partial charge in [-0.2, -0.15) is 0 Å². The minimum absolute atomic E-state index is 0.0478. The van der Waals surface area contributed by atoms with Gasteiger partial charge in [-0.1, -0.05) is 55.6 Å². The van der Waals surface area contributed by atoms with Crippen molar-refractivity contribution in [2.75, 3.05) is 4.72 Å². The SMILES string of the molecule is O=S(=O)(Nc1cccc(CBr)c1)c1ccc(Br)cc1Cl. The monoisotopic (exact) mass is 437 g/mol. The van der Waals surface area contributed by atoms with Crippen molar-refractivity contribution in [1.29, 1.82) is 0 Å². The summed E-state index contributed by atoms with van der Waals surface area (Å²) in [5.41, 5.74) is 1.48. The first kappa shape index (κ1) is 15.8. The highest BCUT2D eigenvalue weighted by Crippen LogP contribution is 2.27. The first-order chi connectivity index (χ1) is 9.42. The molecule has 0 unspecified atom stereocenters. The molecular formula is C13H10Br2ClNO2S. The zero-order valence-electron chi connectivity index (χ0n) is 10.1. The van der Waals surface area contributed by atoms with Crippen LogP contribution in [0.15, 0.2) is 51.8 Å². The molecule has 0 aromatic heterocycles. The Morgan fingerprint density at radius 2 is 1.90 bits per heavy atom. The van der Waals surface area contributed by atoms with Gasteiger partial charge in [0.15, 0.2) is 0 Å². The van der Waals surface area contributed by atoms with E-state index in [0.29, 0.717) is 11.0 Å². The summed E-state index contributed by atoms with van der Waals surface area (Å²) in [7, 11) is -3.70. The maximum Gasteiger partial charge on any atom is 0.263 e. The van der Waals surface area contributed by atoms with Crippen molar-refractivity contribution >= 4 is 59.2 Å². The normalized spacial score (nSPS) is 11.3. The molecule has 7 heteroatoms. The van der Waals surface area contributed by atoms with E-state index in [0.717, 1.165) is 10.0 Å². The molecule has 2 aromatic rings. The van der Waals surface area contributed by atoms with Crippen molar-refractivity contribution in [3.63, 3.8) is 0 Å². The highest BCUT2D eigenvalue weighted by atomic mass is 79.9. The van der Waals surface area contributed by atoms with E-state index in [2.05, 4.69) is 36.6 Å². The molecule has 0 saturated carbocycles. The zero-order valence-corrected chi connectivity index (χ0v) is 14.9. The fraction of sp³-hybridized carbons (Fsp3) is 0.0769. The quantitative estimate of drug-likeness (QED) is 0.696. The lowest BCUT2D eigenvalue weighted by Gasteiger charge is -2.10. The molecule has 0 atom stereocenters. The number of alkyl halides is 1. The van der Waals surface area contributed by atoms with Gasteiger partial charge in [0, 0.05) is 15.5 Å². The summed E-state index contributed by atoms with van der Waals surface area (Å²) in [4.78, 5) is 0.0478. The third-order valence-electron chi connectivity index (χ3n) is 2.52. The number of rotatable bonds is 4. The van der Waals surface area contributed by atoms with Crippen molar-refractivity contribution < 1.29 is 8.42 Å². The lowest BCUT2D eigenvalue weighted by Crippen LogP contribution is -2.13. The van der Waals surface area contributed by atoms with E-state index in [4.69, 9.17) is 11.6 Å². The van der Waals surface area contributed by atoms with Crippen molar-refractivity contribution in [2.24, 2.45) is 0 Å². The smallest absolute Gasteiger partial charge is 0.263 e. The second kappa shape index (κ2) is 6.47. The Morgan fingerprint density at radius 1 is 1.15 bits per heavy atom. The summed E-state index contributed by atoms with van der Waals surface area (Å²) in [5, 5.41) is 0.824. The minimum Gasteiger partial charge on any atom is -0.280 e. The van der Waals surface area contributed by atoms with Crippen LogP contribution in [0.1, 0.15) is 5.56 Å². The van der Waals surface area contributed by atoms with E-state index in [9.17, 15) is 8.42 Å². The summed E-state index contributed by atoms with van der Waals surface area (Å²) in [5.74, 6) is 0. The van der Waals surface area contributed by atoms with Crippen LogP contribution in [0.4, 0.5) is 5.69 Å². The second-order valence-corrected chi connectivity index (χ2v) is 7.55. The molecule has 0 radical (unpaired) electrons. The number of benzene rings is 2. The molecule has 0 spiro atoms. The molecule has 0 fully saturated rings. The molecule has 0 amide bonds. The molecule has 2 aromatic carbocycles. The standard InChI is InChI=1S/C13H10Br2ClNO2S/c14-8-9-2-1-3-11(6-9)17-20(18,19)13-5-4-10(15)7-12(13)16/h1-7,17H,8H2. The molecule has 2 rings (SSSR count). The molecular weight excluding hydrogens is 429 g/mol. The Kier molecular flexibility index (Phi) is 5.12. The molecule has 0 aliphatic carbocycles. The third kappa shape index (κ3) is 3.75. The predicted molar refractivity (Wildman–Crippen MR) is 89.0 cm³/mol. The Hall–Kier alpha value is -0.560. The van der Waals surface area contributed by atoms with Gasteiger partial charge in [0.05, 0.1) is 5.02 Å². The number of halogens is 3. The van der Waals surface area contributed by atoms with Crippen LogP contribution in [0.3, 0.4) is 0 Å². The summed E-state index contributed by atoms with van der Waals surface area (Å²) in [6.07, 6.45) is 0. The maximum atomic E-state index is 12.3. The minimum atomic E-state index is -3.70. The predicted octanol–water partition coefficient (Wildman–Crippen LogP) is 4.80. The lowest BCUT2D eigenvalue weighted by atomic mass is 10.2. The van der Waals surface area contributed by atoms with Crippen molar-refractivity contribution in [2.45, 2.75) is 10.2 Å². The zero-order chi connectivity index (χ0) is 14.8. The summed E-state index contributed by atoms with van der Waals surface area (Å²) in [6, 6.07) is 11.8. The highest BCUT2D eigenvalue weighted by molar-refractivity contribution is 9.10. The molecule has 1 N–H and O–H groups in total. The number of hydrogen-bond donors (Lipinski definition) is 1. The van der Waals surface area contributed by atoms with E-state index in [1.807, 2.05) is 6.07 Å². The lowest BCUT2D eigenvalue weighted by molar-refractivity contribution is 0.601. The second-order valence-electron chi connectivity index (χ2n) is 4.01. The number of nitrogens with one attached hydrogen (secondary N) is 1. The van der Waals surface area contributed by atoms with Crippen molar-refractivity contribution in [1.82, 2.24) is 0 Å². The molecule has 0 aliphatic heterocycles. The Labute approximate surface area is 139 Å². The van der Waals surface area contributed by atoms with Gasteiger partial charge >= 0.3 is 0 Å². The molecule has 0 saturated heterocycles. The molecule has 106 valence electrons. The summed E-state index contributed by atoms with van der Waals surface area (Å²) in [6.45, 7) is 0. The Balaban J connectivity index is 2.35. The first-order valence-electron chi connectivity index (χ1n) is 5.55. The van der Waals surface area contributed by atoms with Gasteiger partial charge in [-0.3, -0.25) is 4.72 Å². The molecule has 0 bridgehead atoms. The van der Waals surface area contributed by atoms with Gasteiger partial charge in [-0.15, -0.1) is 0 Å². The fourth-order valence-electron chi connectivity index (χ4n) is 1.62. The summed E-state index contributed by atoms with van der Waals surface area (Å²) < 4.78 is 27.9. The van der Waals surface area contributed by atoms with Crippen LogP contribution in [0, 0.1) is 0 Å². The van der Waals surface area contributed by atoms with E-state index in [-0.39, 0.29) is 9.92 Å². The van der Waals surface area contributed by atoms with Gasteiger partial charge in [0.25, 0.3) is 10.0 Å². The Bertz CT molecular complexity index is 735. The van der Waals surface area contributed by atoms with E-state index >= 15 is 0 Å². The van der Waals surface area contributed by atoms with Crippen LogP contribution < -0.4 is 4.72 Å². The van der Waals surface area contributed by atoms with Crippen molar-refractivity contribution in [3.05, 3.63) is 57.5 Å². The largest absolute Gasteiger partial charge is 0.280 e. The van der Waals surface area contributed by atoms with Crippen LogP contribution in [0.5, 0.6) is 0 Å². The number of anilines is 1. The average molecular weight is 440 g/mol. The van der Waals surface area contributed by atoms with E-state index in [1.165, 1.54) is 6.07 Å². The van der Waals surface area contributed by atoms with Crippen LogP contribution in [0.25, 0.3) is 0 Å². The number of hydrogen-bond acceptors (Lipinski definition) is 2. The number of sulfonamides is 1. The van der Waals surface area contributed by atoms with Gasteiger partial charge < -0.3 is 0 Å². The van der Waals surface area contributed by atoms with Crippen LogP contribution in [0.2, 0.25) is 5.02 Å². The molecule has 3 nitrogen and oxygen atoms in total. The molecule has 0 heterocycles. The van der Waals surface area contributed by atoms with Crippen LogP contribution in [-0.2, 0) is 15.4 Å². The van der Waals surface area contributed by atoms with Gasteiger partial charge in [0.2, 0.25) is 0 Å². The topological polar surface area (TPSA) is 46.2 Å². The molecule has 0 aliphatic rings. The summed E-state index contributed by atoms with van der Waals surface area (Å²) >= 11 is 12.6. The van der Waals surface area contributed by atoms with Crippen LogP contribution in [-0.4, -0.2) is 8.42 Å². The highest BCUT2D eigenvalue weighted by Gasteiger charge is 2.18. The van der Waals surface area contributed by atoms with E-state index < -0.39 is 10.0 Å². The fourth-order valence-corrected chi connectivity index (χ4v) is 4.06. The van der Waals surface area contributed by atoms with Crippen LogP contribution >= 0.6 is 43.5 Å². The molecule has 20 heavy (non-hydrogen) atoms. The van der Waals surface area contributed by atoms with E-state index in [1.54, 1.807) is 30.3 Å².